The lowest BCUT2D eigenvalue weighted by atomic mass is 9.98. The lowest BCUT2D eigenvalue weighted by molar-refractivity contribution is 0.350. The standard InChI is InChI=1S/C14H24N2S/c1-9(13-7-5-6-8-13)15-10(2)14-11(3)17-12(4)16-14/h9-10,13,15H,5-8H2,1-4H3/t9-,10?/m0/s1. The minimum Gasteiger partial charge on any atom is -0.306 e. The highest BCUT2D eigenvalue weighted by Crippen LogP contribution is 2.29. The number of hydrogen-bond donors (Lipinski definition) is 1. The van der Waals surface area contributed by atoms with Crippen LogP contribution >= 0.6 is 11.3 Å². The fraction of sp³-hybridized carbons (Fsp3) is 0.786. The largest absolute Gasteiger partial charge is 0.306 e. The molecule has 3 heteroatoms. The molecule has 1 aliphatic carbocycles. The van der Waals surface area contributed by atoms with Gasteiger partial charge in [-0.2, -0.15) is 0 Å². The van der Waals surface area contributed by atoms with Crippen LogP contribution in [0.3, 0.4) is 0 Å². The van der Waals surface area contributed by atoms with E-state index in [1.54, 1.807) is 11.3 Å². The normalized spacial score (nSPS) is 20.7. The number of aromatic nitrogens is 1. The first-order valence-electron chi connectivity index (χ1n) is 6.78. The van der Waals surface area contributed by atoms with Gasteiger partial charge in [0.25, 0.3) is 0 Å². The minimum absolute atomic E-state index is 0.385. The molecule has 1 saturated carbocycles. The second-order valence-corrected chi connectivity index (χ2v) is 6.80. The smallest absolute Gasteiger partial charge is 0.0900 e. The van der Waals surface area contributed by atoms with Crippen LogP contribution < -0.4 is 5.32 Å². The van der Waals surface area contributed by atoms with Crippen molar-refractivity contribution in [1.29, 1.82) is 0 Å². The summed E-state index contributed by atoms with van der Waals surface area (Å²) in [7, 11) is 0. The van der Waals surface area contributed by atoms with Gasteiger partial charge in [0.1, 0.15) is 0 Å². The van der Waals surface area contributed by atoms with Gasteiger partial charge in [-0.05, 0) is 46.5 Å². The molecule has 2 nitrogen and oxygen atoms in total. The maximum absolute atomic E-state index is 4.65. The number of thiazole rings is 1. The van der Waals surface area contributed by atoms with E-state index in [2.05, 4.69) is 38.0 Å². The van der Waals surface area contributed by atoms with Gasteiger partial charge in [-0.15, -0.1) is 11.3 Å². The van der Waals surface area contributed by atoms with Gasteiger partial charge in [0.2, 0.25) is 0 Å². The highest BCUT2D eigenvalue weighted by Gasteiger charge is 2.23. The first-order valence-corrected chi connectivity index (χ1v) is 7.59. The minimum atomic E-state index is 0.385. The highest BCUT2D eigenvalue weighted by atomic mass is 32.1. The molecule has 96 valence electrons. The van der Waals surface area contributed by atoms with E-state index < -0.39 is 0 Å². The summed E-state index contributed by atoms with van der Waals surface area (Å²) in [5.41, 5.74) is 1.25. The maximum atomic E-state index is 4.65. The first kappa shape index (κ1) is 13.0. The lowest BCUT2D eigenvalue weighted by Gasteiger charge is -2.24. The monoisotopic (exact) mass is 252 g/mol. The molecular weight excluding hydrogens is 228 g/mol. The molecule has 0 aromatic carbocycles. The Bertz CT molecular complexity index is 366. The van der Waals surface area contributed by atoms with Gasteiger partial charge in [-0.25, -0.2) is 4.98 Å². The Labute approximate surface area is 109 Å². The Morgan fingerprint density at radius 1 is 1.24 bits per heavy atom. The van der Waals surface area contributed by atoms with Crippen molar-refractivity contribution < 1.29 is 0 Å². The summed E-state index contributed by atoms with van der Waals surface area (Å²) in [6, 6.07) is 1.00. The zero-order valence-corrected chi connectivity index (χ0v) is 12.2. The van der Waals surface area contributed by atoms with Crippen molar-refractivity contribution in [3.05, 3.63) is 15.6 Å². The van der Waals surface area contributed by atoms with E-state index in [4.69, 9.17) is 0 Å². The molecule has 0 spiro atoms. The van der Waals surface area contributed by atoms with Crippen LogP contribution in [-0.4, -0.2) is 11.0 Å². The Balaban J connectivity index is 1.96. The molecule has 17 heavy (non-hydrogen) atoms. The van der Waals surface area contributed by atoms with Crippen molar-refractivity contribution in [2.75, 3.05) is 0 Å². The van der Waals surface area contributed by atoms with E-state index in [9.17, 15) is 0 Å². The van der Waals surface area contributed by atoms with Gasteiger partial charge >= 0.3 is 0 Å². The molecule has 1 N–H and O–H groups in total. The van der Waals surface area contributed by atoms with Crippen molar-refractivity contribution in [3.63, 3.8) is 0 Å². The third-order valence-corrected chi connectivity index (χ3v) is 4.87. The predicted molar refractivity (Wildman–Crippen MR) is 74.6 cm³/mol. The van der Waals surface area contributed by atoms with Crippen LogP contribution in [0.1, 0.15) is 61.2 Å². The molecule has 1 unspecified atom stereocenters. The van der Waals surface area contributed by atoms with Gasteiger partial charge in [0.15, 0.2) is 0 Å². The van der Waals surface area contributed by atoms with Crippen molar-refractivity contribution >= 4 is 11.3 Å². The highest BCUT2D eigenvalue weighted by molar-refractivity contribution is 7.11. The van der Waals surface area contributed by atoms with E-state index in [-0.39, 0.29) is 0 Å². The van der Waals surface area contributed by atoms with E-state index in [0.29, 0.717) is 12.1 Å². The number of hydrogen-bond acceptors (Lipinski definition) is 3. The summed E-state index contributed by atoms with van der Waals surface area (Å²) < 4.78 is 0. The van der Waals surface area contributed by atoms with Gasteiger partial charge in [-0.1, -0.05) is 12.8 Å². The number of nitrogens with one attached hydrogen (secondary N) is 1. The van der Waals surface area contributed by atoms with E-state index >= 15 is 0 Å². The molecule has 0 bridgehead atoms. The second-order valence-electron chi connectivity index (χ2n) is 5.40. The van der Waals surface area contributed by atoms with Crippen LogP contribution in [0.4, 0.5) is 0 Å². The van der Waals surface area contributed by atoms with E-state index in [0.717, 1.165) is 5.92 Å². The third-order valence-electron chi connectivity index (χ3n) is 3.97. The molecule has 1 aliphatic rings. The summed E-state index contributed by atoms with van der Waals surface area (Å²) in [5.74, 6) is 0.873. The molecule has 0 aliphatic heterocycles. The molecule has 2 rings (SSSR count). The average molecular weight is 252 g/mol. The van der Waals surface area contributed by atoms with E-state index in [1.165, 1.54) is 41.3 Å². The molecule has 0 radical (unpaired) electrons. The van der Waals surface area contributed by atoms with Gasteiger partial charge in [-0.3, -0.25) is 0 Å². The lowest BCUT2D eigenvalue weighted by Crippen LogP contribution is -2.34. The summed E-state index contributed by atoms with van der Waals surface area (Å²) in [4.78, 5) is 6.01. The summed E-state index contributed by atoms with van der Waals surface area (Å²) in [6.07, 6.45) is 5.63. The van der Waals surface area contributed by atoms with Crippen molar-refractivity contribution in [1.82, 2.24) is 10.3 Å². The number of nitrogens with zero attached hydrogens (tertiary/aromatic N) is 1. The quantitative estimate of drug-likeness (QED) is 0.876. The fourth-order valence-electron chi connectivity index (χ4n) is 3.01. The van der Waals surface area contributed by atoms with Crippen LogP contribution in [0.5, 0.6) is 0 Å². The first-order chi connectivity index (χ1) is 8.08. The molecular formula is C14H24N2S. The number of aryl methyl sites for hydroxylation is 2. The summed E-state index contributed by atoms with van der Waals surface area (Å²) in [6.45, 7) is 8.85. The molecule has 0 saturated heterocycles. The molecule has 1 aromatic rings. The Morgan fingerprint density at radius 3 is 2.41 bits per heavy atom. The zero-order chi connectivity index (χ0) is 12.4. The summed E-state index contributed by atoms with van der Waals surface area (Å²) >= 11 is 1.81. The van der Waals surface area contributed by atoms with Gasteiger partial charge < -0.3 is 5.32 Å². The van der Waals surface area contributed by atoms with Crippen LogP contribution in [0.2, 0.25) is 0 Å². The Kier molecular flexibility index (Phi) is 4.21. The Hall–Kier alpha value is -0.410. The van der Waals surface area contributed by atoms with Crippen LogP contribution in [-0.2, 0) is 0 Å². The molecule has 1 fully saturated rings. The van der Waals surface area contributed by atoms with Gasteiger partial charge in [0.05, 0.1) is 10.7 Å². The maximum Gasteiger partial charge on any atom is 0.0900 e. The molecule has 0 amide bonds. The van der Waals surface area contributed by atoms with Crippen molar-refractivity contribution in [2.45, 2.75) is 65.5 Å². The fourth-order valence-corrected chi connectivity index (χ4v) is 3.93. The second kappa shape index (κ2) is 5.49. The van der Waals surface area contributed by atoms with Crippen LogP contribution in [0, 0.1) is 19.8 Å². The molecule has 1 aromatic heterocycles. The van der Waals surface area contributed by atoms with Crippen LogP contribution in [0.25, 0.3) is 0 Å². The molecule has 1 heterocycles. The van der Waals surface area contributed by atoms with Crippen molar-refractivity contribution in [2.24, 2.45) is 5.92 Å². The van der Waals surface area contributed by atoms with Crippen molar-refractivity contribution in [3.8, 4) is 0 Å². The zero-order valence-electron chi connectivity index (χ0n) is 11.4. The molecule has 2 atom stereocenters. The van der Waals surface area contributed by atoms with Crippen LogP contribution in [0.15, 0.2) is 0 Å². The summed E-state index contributed by atoms with van der Waals surface area (Å²) in [5, 5.41) is 4.92. The van der Waals surface area contributed by atoms with E-state index in [1.807, 2.05) is 0 Å². The third kappa shape index (κ3) is 3.08. The number of rotatable bonds is 4. The topological polar surface area (TPSA) is 24.9 Å². The SMILES string of the molecule is Cc1nc(C(C)N[C@@H](C)C2CCCC2)c(C)s1. The van der Waals surface area contributed by atoms with Gasteiger partial charge in [0, 0.05) is 17.0 Å². The predicted octanol–water partition coefficient (Wildman–Crippen LogP) is 3.99. The average Bonchev–Trinajstić information content (AvgIpc) is 2.87. The Morgan fingerprint density at radius 2 is 1.88 bits per heavy atom.